The van der Waals surface area contributed by atoms with Crippen LogP contribution < -0.4 is 0 Å². The Morgan fingerprint density at radius 3 is 2.06 bits per heavy atom. The molecule has 6 aromatic carbocycles. The Morgan fingerprint density at radius 1 is 0.500 bits per heavy atom. The van der Waals surface area contributed by atoms with Crippen molar-refractivity contribution in [1.82, 2.24) is 4.57 Å². The van der Waals surface area contributed by atoms with Gasteiger partial charge in [0.15, 0.2) is 0 Å². The van der Waals surface area contributed by atoms with E-state index < -0.39 is 0 Å². The quantitative estimate of drug-likeness (QED) is 0.178. The minimum absolute atomic E-state index is 0.166. The highest BCUT2D eigenvalue weighted by Gasteiger charge is 2.61. The Hall–Kier alpha value is -4.66. The number of benzene rings is 6. The first kappa shape index (κ1) is 26.3. The third-order valence-corrected chi connectivity index (χ3v) is 14.3. The molecule has 0 radical (unpaired) electrons. The predicted octanol–water partition coefficient (Wildman–Crippen LogP) is 12.5. The first-order valence-electron chi connectivity index (χ1n) is 17.9. The van der Waals surface area contributed by atoms with Crippen molar-refractivity contribution in [3.05, 3.63) is 139 Å². The SMILES string of the molecule is c1ccc2c(c1)-c1ccc(-n3c4ccccc4c4c(-c5ccc6c(c5)sc5ccccc56)cccc43)cc1C21C2CC3CC(C2)CC1C3. The van der Waals surface area contributed by atoms with E-state index in [1.54, 1.807) is 11.1 Å². The van der Waals surface area contributed by atoms with Crippen LogP contribution in [0.2, 0.25) is 0 Å². The summed E-state index contributed by atoms with van der Waals surface area (Å²) in [6, 6.07) is 48.9. The number of nitrogens with zero attached hydrogens (tertiary/aromatic N) is 1. The van der Waals surface area contributed by atoms with E-state index in [0.717, 1.165) is 23.7 Å². The summed E-state index contributed by atoms with van der Waals surface area (Å²) in [5.41, 5.74) is 12.9. The van der Waals surface area contributed by atoms with Gasteiger partial charge in [0, 0.05) is 42.0 Å². The Kier molecular flexibility index (Phi) is 5.08. The van der Waals surface area contributed by atoms with Gasteiger partial charge in [-0.25, -0.2) is 0 Å². The Labute approximate surface area is 284 Å². The monoisotopic (exact) mass is 633 g/mol. The molecule has 4 fully saturated rings. The van der Waals surface area contributed by atoms with Crippen LogP contribution >= 0.6 is 11.3 Å². The van der Waals surface area contributed by atoms with Crippen molar-refractivity contribution in [2.75, 3.05) is 0 Å². The van der Waals surface area contributed by atoms with Gasteiger partial charge in [-0.1, -0.05) is 91.0 Å². The highest BCUT2D eigenvalue weighted by Crippen LogP contribution is 2.69. The number of fused-ring (bicyclic) bond motifs is 9. The lowest BCUT2D eigenvalue weighted by Crippen LogP contribution is -2.55. The Bertz CT molecular complexity index is 2620. The summed E-state index contributed by atoms with van der Waals surface area (Å²) < 4.78 is 5.28. The van der Waals surface area contributed by atoms with E-state index in [-0.39, 0.29) is 5.41 Å². The van der Waals surface area contributed by atoms with E-state index in [9.17, 15) is 0 Å². The lowest BCUT2D eigenvalue weighted by Gasteiger charge is -2.61. The molecule has 0 unspecified atom stereocenters. The number of thiophene rings is 1. The van der Waals surface area contributed by atoms with Crippen LogP contribution in [0.5, 0.6) is 0 Å². The molecule has 0 N–H and O–H groups in total. The average molecular weight is 634 g/mol. The van der Waals surface area contributed by atoms with Crippen molar-refractivity contribution in [1.29, 1.82) is 0 Å². The molecule has 8 aromatic rings. The van der Waals surface area contributed by atoms with Crippen LogP contribution in [-0.2, 0) is 5.41 Å². The molecule has 5 aliphatic carbocycles. The van der Waals surface area contributed by atoms with Gasteiger partial charge >= 0.3 is 0 Å². The maximum absolute atomic E-state index is 2.64. The van der Waals surface area contributed by atoms with Crippen LogP contribution in [0.1, 0.15) is 43.2 Å². The fourth-order valence-electron chi connectivity index (χ4n) is 11.7. The molecule has 13 rings (SSSR count). The van der Waals surface area contributed by atoms with Crippen LogP contribution in [0.25, 0.3) is 69.9 Å². The average Bonchev–Trinajstić information content (AvgIpc) is 3.76. The summed E-state index contributed by atoms with van der Waals surface area (Å²) in [4.78, 5) is 0. The van der Waals surface area contributed by atoms with E-state index in [2.05, 4.69) is 132 Å². The zero-order valence-corrected chi connectivity index (χ0v) is 27.6. The molecular formula is C46H35NS. The van der Waals surface area contributed by atoms with Gasteiger partial charge in [0.1, 0.15) is 0 Å². The van der Waals surface area contributed by atoms with Crippen molar-refractivity contribution in [3.8, 4) is 27.9 Å². The van der Waals surface area contributed by atoms with Gasteiger partial charge in [-0.3, -0.25) is 0 Å². The van der Waals surface area contributed by atoms with Crippen LogP contribution in [0.15, 0.2) is 127 Å². The molecule has 2 heteroatoms. The van der Waals surface area contributed by atoms with E-state index in [1.807, 2.05) is 11.3 Å². The Morgan fingerprint density at radius 2 is 1.19 bits per heavy atom. The second-order valence-electron chi connectivity index (χ2n) is 15.3. The largest absolute Gasteiger partial charge is 0.309 e. The highest BCUT2D eigenvalue weighted by molar-refractivity contribution is 7.25. The van der Waals surface area contributed by atoms with Crippen LogP contribution in [0, 0.1) is 23.7 Å². The second-order valence-corrected chi connectivity index (χ2v) is 16.4. The van der Waals surface area contributed by atoms with Gasteiger partial charge in [0.05, 0.1) is 11.0 Å². The topological polar surface area (TPSA) is 4.93 Å². The third-order valence-electron chi connectivity index (χ3n) is 13.2. The fourth-order valence-corrected chi connectivity index (χ4v) is 12.9. The van der Waals surface area contributed by atoms with Gasteiger partial charge in [-0.15, -0.1) is 11.3 Å². The molecule has 4 bridgehead atoms. The van der Waals surface area contributed by atoms with Crippen molar-refractivity contribution in [2.24, 2.45) is 23.7 Å². The molecule has 4 saturated carbocycles. The van der Waals surface area contributed by atoms with E-state index in [1.165, 1.54) is 102 Å². The smallest absolute Gasteiger partial charge is 0.0547 e. The highest BCUT2D eigenvalue weighted by atomic mass is 32.1. The summed E-state index contributed by atoms with van der Waals surface area (Å²) in [5, 5.41) is 5.38. The normalized spacial score (nSPS) is 25.2. The van der Waals surface area contributed by atoms with Gasteiger partial charge in [0.2, 0.25) is 0 Å². The standard InChI is InChI=1S/C46H35NS/c1-4-12-39-34(8-1)35-19-17-32(26-40(35)46(39)30-21-27-20-28(23-30)24-31(46)22-27)47-41-13-5-2-10-38(41)45-33(11-7-14-42(45)47)29-16-18-37-36-9-3-6-15-43(36)48-44(37)25-29/h1-19,25-28,30-31H,20-24H2. The van der Waals surface area contributed by atoms with Gasteiger partial charge in [0.25, 0.3) is 0 Å². The molecular weight excluding hydrogens is 599 g/mol. The van der Waals surface area contributed by atoms with Crippen molar-refractivity contribution in [2.45, 2.75) is 37.5 Å². The molecule has 0 saturated heterocycles. The first-order valence-corrected chi connectivity index (χ1v) is 18.8. The Balaban J connectivity index is 1.09. The second kappa shape index (κ2) is 9.27. The minimum atomic E-state index is 0.166. The summed E-state index contributed by atoms with van der Waals surface area (Å²) in [6.45, 7) is 0. The zero-order valence-electron chi connectivity index (χ0n) is 26.8. The van der Waals surface area contributed by atoms with E-state index >= 15 is 0 Å². The molecule has 2 aromatic heterocycles. The van der Waals surface area contributed by atoms with Gasteiger partial charge < -0.3 is 4.57 Å². The van der Waals surface area contributed by atoms with E-state index in [0.29, 0.717) is 0 Å². The maximum atomic E-state index is 2.64. The van der Waals surface area contributed by atoms with E-state index in [4.69, 9.17) is 0 Å². The third kappa shape index (κ3) is 3.23. The molecule has 2 heterocycles. The zero-order chi connectivity index (χ0) is 31.1. The molecule has 1 spiro atoms. The minimum Gasteiger partial charge on any atom is -0.309 e. The molecule has 0 atom stereocenters. The van der Waals surface area contributed by atoms with Crippen molar-refractivity contribution >= 4 is 53.3 Å². The van der Waals surface area contributed by atoms with Crippen molar-refractivity contribution < 1.29 is 0 Å². The summed E-state index contributed by atoms with van der Waals surface area (Å²) in [5.74, 6) is 3.42. The molecule has 1 nitrogen and oxygen atoms in total. The molecule has 0 aliphatic heterocycles. The summed E-state index contributed by atoms with van der Waals surface area (Å²) in [7, 11) is 0. The molecule has 5 aliphatic rings. The van der Waals surface area contributed by atoms with Gasteiger partial charge in [-0.2, -0.15) is 0 Å². The number of aromatic nitrogens is 1. The van der Waals surface area contributed by atoms with Crippen LogP contribution in [0.3, 0.4) is 0 Å². The predicted molar refractivity (Wildman–Crippen MR) is 202 cm³/mol. The van der Waals surface area contributed by atoms with Gasteiger partial charge in [-0.05, 0) is 126 Å². The fraction of sp³-hybridized carbons (Fsp3) is 0.217. The van der Waals surface area contributed by atoms with Crippen LogP contribution in [-0.4, -0.2) is 4.57 Å². The number of para-hydroxylation sites is 1. The summed E-state index contributed by atoms with van der Waals surface area (Å²) in [6.07, 6.45) is 7.13. The molecule has 48 heavy (non-hydrogen) atoms. The van der Waals surface area contributed by atoms with Crippen molar-refractivity contribution in [3.63, 3.8) is 0 Å². The lowest BCUT2D eigenvalue weighted by molar-refractivity contribution is -0.0399. The number of rotatable bonds is 2. The lowest BCUT2D eigenvalue weighted by atomic mass is 9.43. The molecule has 0 amide bonds. The summed E-state index contributed by atoms with van der Waals surface area (Å²) >= 11 is 1.90. The maximum Gasteiger partial charge on any atom is 0.0547 e. The van der Waals surface area contributed by atoms with Crippen LogP contribution in [0.4, 0.5) is 0 Å². The number of hydrogen-bond donors (Lipinski definition) is 0. The number of hydrogen-bond acceptors (Lipinski definition) is 1. The molecule has 230 valence electrons. The first-order chi connectivity index (χ1) is 23.8.